The number of esters is 4. The fourth-order valence-electron chi connectivity index (χ4n) is 7.17. The molecule has 0 unspecified atom stereocenters. The van der Waals surface area contributed by atoms with Gasteiger partial charge in [-0.25, -0.2) is 23.6 Å². The van der Waals surface area contributed by atoms with Gasteiger partial charge >= 0.3 is 23.9 Å². The van der Waals surface area contributed by atoms with Crippen molar-refractivity contribution in [3.8, 4) is 34.5 Å². The number of carbonyl (C=O) groups excluding carboxylic acids is 4. The van der Waals surface area contributed by atoms with Gasteiger partial charge in [-0.2, -0.15) is 0 Å². The van der Waals surface area contributed by atoms with Crippen molar-refractivity contribution in [2.45, 2.75) is 124 Å². The van der Waals surface area contributed by atoms with E-state index in [1.807, 2.05) is 24.3 Å². The third-order valence-corrected chi connectivity index (χ3v) is 11.1. The van der Waals surface area contributed by atoms with Crippen LogP contribution in [0.15, 0.2) is 121 Å². The summed E-state index contributed by atoms with van der Waals surface area (Å²) in [5, 5.41) is 0. The summed E-state index contributed by atoms with van der Waals surface area (Å²) in [6.07, 6.45) is 21.3. The third-order valence-electron chi connectivity index (χ3n) is 11.1. The fourth-order valence-corrected chi connectivity index (χ4v) is 7.17. The monoisotopic (exact) mass is 928 g/mol. The lowest BCUT2D eigenvalue weighted by Crippen LogP contribution is -2.13. The average molecular weight is 929 g/mol. The largest absolute Gasteiger partial charge is 0.494 e. The van der Waals surface area contributed by atoms with Gasteiger partial charge in [0.1, 0.15) is 40.3 Å². The van der Waals surface area contributed by atoms with Crippen LogP contribution in [0.2, 0.25) is 0 Å². The Morgan fingerprint density at radius 1 is 0.441 bits per heavy atom. The number of ether oxygens (including phenoxy) is 6. The van der Waals surface area contributed by atoms with E-state index in [2.05, 4.69) is 13.8 Å². The lowest BCUT2D eigenvalue weighted by Gasteiger charge is -2.10. The summed E-state index contributed by atoms with van der Waals surface area (Å²) in [4.78, 5) is 51.6. The number of hydrogen-bond acceptors (Lipinski definition) is 10. The SMILES string of the molecule is CCCCCCCCCCCCOc1ccc(C(=O)Oc2ccc(C(=O)Oc3cccc(OC(=O)c4ccc(OC(=O)/C(C)=C/c5ccc(OCCCCCCCC)cc5)cc4F)c3)cc2)cc1. The van der Waals surface area contributed by atoms with Gasteiger partial charge in [-0.1, -0.05) is 122 Å². The zero-order valence-corrected chi connectivity index (χ0v) is 39.7. The van der Waals surface area contributed by atoms with Crippen molar-refractivity contribution in [2.75, 3.05) is 13.2 Å². The first-order valence-corrected chi connectivity index (χ1v) is 24.1. The molecular weight excluding hydrogens is 864 g/mol. The van der Waals surface area contributed by atoms with E-state index in [1.54, 1.807) is 37.3 Å². The van der Waals surface area contributed by atoms with Crippen LogP contribution in [0.4, 0.5) is 4.39 Å². The smallest absolute Gasteiger partial charge is 0.346 e. The molecule has 360 valence electrons. The van der Waals surface area contributed by atoms with E-state index in [9.17, 15) is 19.2 Å². The Balaban J connectivity index is 1.02. The van der Waals surface area contributed by atoms with E-state index in [-0.39, 0.29) is 34.1 Å². The standard InChI is InChI=1S/C57H65FO10/c1-4-6-8-10-12-13-14-15-17-19-38-64-47-31-25-44(26-32-47)55(60)65-48-33-27-45(28-34-48)56(61)67-49-21-20-22-50(40-49)68-57(62)52-36-35-51(41-53(52)58)66-54(59)42(3)39-43-23-29-46(30-24-43)63-37-18-16-11-9-7-5-2/h20-36,39-41H,4-19,37-38H2,1-3H3/b42-39+. The molecule has 0 saturated heterocycles. The highest BCUT2D eigenvalue weighted by molar-refractivity contribution is 5.95. The number of halogens is 1. The summed E-state index contributed by atoms with van der Waals surface area (Å²) in [6.45, 7) is 7.30. The van der Waals surface area contributed by atoms with Crippen LogP contribution >= 0.6 is 0 Å². The maximum atomic E-state index is 15.1. The van der Waals surface area contributed by atoms with E-state index in [4.69, 9.17) is 28.4 Å². The number of benzene rings is 5. The van der Waals surface area contributed by atoms with Gasteiger partial charge in [0, 0.05) is 17.7 Å². The molecule has 5 aromatic carbocycles. The Labute approximate surface area is 400 Å². The van der Waals surface area contributed by atoms with Crippen molar-refractivity contribution in [1.82, 2.24) is 0 Å². The lowest BCUT2D eigenvalue weighted by atomic mass is 10.1. The second kappa shape index (κ2) is 29.1. The Morgan fingerprint density at radius 2 is 0.853 bits per heavy atom. The van der Waals surface area contributed by atoms with E-state index >= 15 is 4.39 Å². The van der Waals surface area contributed by atoms with Crippen LogP contribution in [0.1, 0.15) is 160 Å². The molecule has 10 nitrogen and oxygen atoms in total. The summed E-state index contributed by atoms with van der Waals surface area (Å²) in [5.74, 6) is -2.33. The first kappa shape index (κ1) is 52.2. The predicted molar refractivity (Wildman–Crippen MR) is 263 cm³/mol. The Morgan fingerprint density at radius 3 is 1.35 bits per heavy atom. The van der Waals surface area contributed by atoms with Crippen molar-refractivity contribution < 1.29 is 52.0 Å². The molecule has 0 aliphatic rings. The number of carbonyl (C=O) groups is 4. The molecule has 11 heteroatoms. The molecule has 0 fully saturated rings. The Bertz CT molecular complexity index is 2370. The maximum absolute atomic E-state index is 15.1. The number of unbranched alkanes of at least 4 members (excludes halogenated alkanes) is 14. The maximum Gasteiger partial charge on any atom is 0.346 e. The van der Waals surface area contributed by atoms with Gasteiger partial charge in [-0.3, -0.25) is 0 Å². The van der Waals surface area contributed by atoms with Gasteiger partial charge in [-0.05, 0) is 116 Å². The zero-order chi connectivity index (χ0) is 48.4. The van der Waals surface area contributed by atoms with Crippen molar-refractivity contribution >= 4 is 30.0 Å². The first-order chi connectivity index (χ1) is 33.1. The molecule has 0 aromatic heterocycles. The van der Waals surface area contributed by atoms with Crippen molar-refractivity contribution in [3.63, 3.8) is 0 Å². The summed E-state index contributed by atoms with van der Waals surface area (Å²) in [7, 11) is 0. The third kappa shape index (κ3) is 18.5. The molecule has 5 aromatic rings. The predicted octanol–water partition coefficient (Wildman–Crippen LogP) is 14.5. The van der Waals surface area contributed by atoms with Crippen LogP contribution in [0, 0.1) is 5.82 Å². The molecule has 0 heterocycles. The molecule has 0 aliphatic heterocycles. The molecule has 0 aliphatic carbocycles. The van der Waals surface area contributed by atoms with E-state index in [0.29, 0.717) is 24.5 Å². The minimum atomic E-state index is -1.02. The summed E-state index contributed by atoms with van der Waals surface area (Å²) >= 11 is 0. The Kier molecular flexibility index (Phi) is 22.4. The van der Waals surface area contributed by atoms with Crippen molar-refractivity contribution in [2.24, 2.45) is 0 Å². The molecule has 68 heavy (non-hydrogen) atoms. The second-order valence-corrected chi connectivity index (χ2v) is 16.8. The molecule has 0 radical (unpaired) electrons. The highest BCUT2D eigenvalue weighted by Crippen LogP contribution is 2.25. The summed E-state index contributed by atoms with van der Waals surface area (Å²) in [6, 6.07) is 29.1. The molecule has 0 saturated carbocycles. The molecular formula is C57H65FO10. The van der Waals surface area contributed by atoms with E-state index in [1.165, 1.54) is 132 Å². The highest BCUT2D eigenvalue weighted by Gasteiger charge is 2.18. The lowest BCUT2D eigenvalue weighted by molar-refractivity contribution is -0.130. The van der Waals surface area contributed by atoms with Gasteiger partial charge in [-0.15, -0.1) is 0 Å². The number of rotatable bonds is 29. The van der Waals surface area contributed by atoms with Gasteiger partial charge in [0.15, 0.2) is 0 Å². The zero-order valence-electron chi connectivity index (χ0n) is 39.7. The fraction of sp³-hybridized carbons (Fsp3) is 0.368. The molecule has 0 spiro atoms. The molecule has 0 bridgehead atoms. The van der Waals surface area contributed by atoms with Crippen LogP contribution in [-0.4, -0.2) is 37.1 Å². The minimum Gasteiger partial charge on any atom is -0.494 e. The second-order valence-electron chi connectivity index (χ2n) is 16.8. The van der Waals surface area contributed by atoms with E-state index < -0.39 is 35.3 Å². The van der Waals surface area contributed by atoms with Crippen LogP contribution in [-0.2, 0) is 4.79 Å². The summed E-state index contributed by atoms with van der Waals surface area (Å²) < 4.78 is 48.6. The van der Waals surface area contributed by atoms with Crippen LogP contribution in [0.3, 0.4) is 0 Å². The Hall–Kier alpha value is -6.75. The average Bonchev–Trinajstić information content (AvgIpc) is 3.34. The number of hydrogen-bond donors (Lipinski definition) is 0. The quantitative estimate of drug-likeness (QED) is 0.0198. The van der Waals surface area contributed by atoms with Gasteiger partial charge in [0.2, 0.25) is 0 Å². The first-order valence-electron chi connectivity index (χ1n) is 24.1. The van der Waals surface area contributed by atoms with E-state index in [0.717, 1.165) is 49.1 Å². The van der Waals surface area contributed by atoms with Crippen molar-refractivity contribution in [1.29, 1.82) is 0 Å². The summed E-state index contributed by atoms with van der Waals surface area (Å²) in [5.41, 5.74) is 1.16. The van der Waals surface area contributed by atoms with Gasteiger partial charge < -0.3 is 28.4 Å². The van der Waals surface area contributed by atoms with Crippen LogP contribution in [0.25, 0.3) is 6.08 Å². The molecule has 5 rings (SSSR count). The van der Waals surface area contributed by atoms with Gasteiger partial charge in [0.05, 0.1) is 29.9 Å². The van der Waals surface area contributed by atoms with Gasteiger partial charge in [0.25, 0.3) is 0 Å². The van der Waals surface area contributed by atoms with Crippen molar-refractivity contribution in [3.05, 3.63) is 149 Å². The minimum absolute atomic E-state index is 0.00990. The molecule has 0 amide bonds. The van der Waals surface area contributed by atoms with Crippen LogP contribution < -0.4 is 28.4 Å². The highest BCUT2D eigenvalue weighted by atomic mass is 19.1. The molecule has 0 N–H and O–H groups in total. The topological polar surface area (TPSA) is 124 Å². The molecule has 0 atom stereocenters. The normalized spacial score (nSPS) is 11.1. The van der Waals surface area contributed by atoms with Crippen LogP contribution in [0.5, 0.6) is 34.5 Å².